The van der Waals surface area contributed by atoms with Gasteiger partial charge in [0.05, 0.1) is 12.5 Å². The molecule has 0 amide bonds. The van der Waals surface area contributed by atoms with Crippen molar-refractivity contribution in [3.8, 4) is 11.8 Å². The standard InChI is InChI=1S/C14H19N3O/c1-10(16)13-6-5-12(9-14(13)18)17(8-2-7-15)11-3-4-11/h5-6,9-11,18H,2-4,8,16H2,1H3. The summed E-state index contributed by atoms with van der Waals surface area (Å²) < 4.78 is 0. The van der Waals surface area contributed by atoms with Crippen LogP contribution < -0.4 is 10.6 Å². The van der Waals surface area contributed by atoms with Crippen molar-refractivity contribution in [3.05, 3.63) is 23.8 Å². The van der Waals surface area contributed by atoms with Crippen molar-refractivity contribution in [3.63, 3.8) is 0 Å². The lowest BCUT2D eigenvalue weighted by molar-refractivity contribution is 0.463. The molecule has 0 radical (unpaired) electrons. The van der Waals surface area contributed by atoms with Crippen LogP contribution in [0.5, 0.6) is 5.75 Å². The van der Waals surface area contributed by atoms with Gasteiger partial charge in [-0.25, -0.2) is 0 Å². The summed E-state index contributed by atoms with van der Waals surface area (Å²) in [6, 6.07) is 8.13. The van der Waals surface area contributed by atoms with E-state index in [1.54, 1.807) is 6.07 Å². The van der Waals surface area contributed by atoms with Gasteiger partial charge in [-0.2, -0.15) is 5.26 Å². The van der Waals surface area contributed by atoms with E-state index in [1.165, 1.54) is 12.8 Å². The Balaban J connectivity index is 2.20. The van der Waals surface area contributed by atoms with E-state index >= 15 is 0 Å². The quantitative estimate of drug-likeness (QED) is 0.834. The fourth-order valence-corrected chi connectivity index (χ4v) is 2.17. The van der Waals surface area contributed by atoms with Gasteiger partial charge < -0.3 is 15.7 Å². The minimum atomic E-state index is -0.174. The number of phenols is 1. The summed E-state index contributed by atoms with van der Waals surface area (Å²) in [5.74, 6) is 0.241. The molecule has 1 aliphatic rings. The van der Waals surface area contributed by atoms with Gasteiger partial charge in [-0.15, -0.1) is 0 Å². The molecule has 0 saturated heterocycles. The lowest BCUT2D eigenvalue weighted by atomic mass is 10.1. The molecule has 1 aliphatic carbocycles. The summed E-state index contributed by atoms with van der Waals surface area (Å²) in [6.07, 6.45) is 2.84. The zero-order chi connectivity index (χ0) is 13.1. The van der Waals surface area contributed by atoms with E-state index in [0.717, 1.165) is 17.8 Å². The van der Waals surface area contributed by atoms with Gasteiger partial charge in [0.2, 0.25) is 0 Å². The summed E-state index contributed by atoms with van der Waals surface area (Å²) in [5, 5.41) is 18.7. The lowest BCUT2D eigenvalue weighted by Gasteiger charge is -2.24. The van der Waals surface area contributed by atoms with E-state index in [4.69, 9.17) is 11.0 Å². The van der Waals surface area contributed by atoms with Crippen LogP contribution in [0.15, 0.2) is 18.2 Å². The second-order valence-electron chi connectivity index (χ2n) is 4.86. The zero-order valence-corrected chi connectivity index (χ0v) is 10.6. The maximum atomic E-state index is 9.97. The molecular weight excluding hydrogens is 226 g/mol. The number of nitrogens with two attached hydrogens (primary N) is 1. The highest BCUT2D eigenvalue weighted by atomic mass is 16.3. The molecule has 1 atom stereocenters. The van der Waals surface area contributed by atoms with Crippen molar-refractivity contribution >= 4 is 5.69 Å². The van der Waals surface area contributed by atoms with Crippen LogP contribution in [0, 0.1) is 11.3 Å². The molecule has 4 heteroatoms. The van der Waals surface area contributed by atoms with Crippen molar-refractivity contribution < 1.29 is 5.11 Å². The highest BCUT2D eigenvalue weighted by Crippen LogP contribution is 2.35. The smallest absolute Gasteiger partial charge is 0.122 e. The molecular formula is C14H19N3O. The summed E-state index contributed by atoms with van der Waals surface area (Å²) in [7, 11) is 0. The SMILES string of the molecule is CC(N)c1ccc(N(CCC#N)C2CC2)cc1O. The van der Waals surface area contributed by atoms with Gasteiger partial charge in [0.25, 0.3) is 0 Å². The predicted molar refractivity (Wildman–Crippen MR) is 71.3 cm³/mol. The number of anilines is 1. The van der Waals surface area contributed by atoms with Crippen molar-refractivity contribution in [1.29, 1.82) is 5.26 Å². The summed E-state index contributed by atoms with van der Waals surface area (Å²) in [5.41, 5.74) is 7.52. The fourth-order valence-electron chi connectivity index (χ4n) is 2.17. The molecule has 1 saturated carbocycles. The average molecular weight is 245 g/mol. The first kappa shape index (κ1) is 12.7. The minimum absolute atomic E-state index is 0.174. The van der Waals surface area contributed by atoms with Crippen LogP contribution in [0.3, 0.4) is 0 Å². The summed E-state index contributed by atoms with van der Waals surface area (Å²) in [4.78, 5) is 2.20. The molecule has 0 bridgehead atoms. The number of nitrogens with zero attached hydrogens (tertiary/aromatic N) is 2. The van der Waals surface area contributed by atoms with Crippen LogP contribution in [-0.2, 0) is 0 Å². The lowest BCUT2D eigenvalue weighted by Crippen LogP contribution is -2.26. The van der Waals surface area contributed by atoms with Crippen LogP contribution in [-0.4, -0.2) is 17.7 Å². The van der Waals surface area contributed by atoms with Crippen LogP contribution in [0.4, 0.5) is 5.69 Å². The van der Waals surface area contributed by atoms with Crippen molar-refractivity contribution in [1.82, 2.24) is 0 Å². The fraction of sp³-hybridized carbons (Fsp3) is 0.500. The van der Waals surface area contributed by atoms with E-state index in [-0.39, 0.29) is 11.8 Å². The Bertz CT molecular complexity index is 461. The Morgan fingerprint density at radius 1 is 1.56 bits per heavy atom. The second kappa shape index (κ2) is 5.28. The van der Waals surface area contributed by atoms with Gasteiger partial charge in [0.1, 0.15) is 5.75 Å². The van der Waals surface area contributed by atoms with Gasteiger partial charge in [0.15, 0.2) is 0 Å². The van der Waals surface area contributed by atoms with E-state index < -0.39 is 0 Å². The molecule has 1 aromatic rings. The number of benzene rings is 1. The average Bonchev–Trinajstić information content (AvgIpc) is 3.13. The third-order valence-electron chi connectivity index (χ3n) is 3.29. The monoisotopic (exact) mass is 245 g/mol. The molecule has 3 N–H and O–H groups in total. The molecule has 1 aromatic carbocycles. The number of aromatic hydroxyl groups is 1. The number of hydrogen-bond donors (Lipinski definition) is 2. The number of phenolic OH excluding ortho intramolecular Hbond substituents is 1. The van der Waals surface area contributed by atoms with E-state index in [9.17, 15) is 5.11 Å². The first-order chi connectivity index (χ1) is 8.63. The first-order valence-electron chi connectivity index (χ1n) is 6.35. The molecule has 2 rings (SSSR count). The Morgan fingerprint density at radius 3 is 2.78 bits per heavy atom. The molecule has 0 aliphatic heterocycles. The Kier molecular flexibility index (Phi) is 3.73. The Labute approximate surface area is 108 Å². The third kappa shape index (κ3) is 2.74. The predicted octanol–water partition coefficient (Wildman–Crippen LogP) is 2.29. The molecule has 1 fully saturated rings. The molecule has 0 spiro atoms. The number of nitriles is 1. The molecule has 96 valence electrons. The van der Waals surface area contributed by atoms with Crippen LogP contribution in [0.25, 0.3) is 0 Å². The maximum absolute atomic E-state index is 9.97. The van der Waals surface area contributed by atoms with Crippen molar-refractivity contribution in [2.75, 3.05) is 11.4 Å². The zero-order valence-electron chi connectivity index (χ0n) is 10.6. The van der Waals surface area contributed by atoms with Gasteiger partial charge >= 0.3 is 0 Å². The van der Waals surface area contributed by atoms with Crippen LogP contribution >= 0.6 is 0 Å². The largest absolute Gasteiger partial charge is 0.508 e. The second-order valence-corrected chi connectivity index (χ2v) is 4.86. The number of rotatable bonds is 5. The molecule has 0 aromatic heterocycles. The van der Waals surface area contributed by atoms with Crippen molar-refractivity contribution in [2.24, 2.45) is 5.73 Å². The summed E-state index contributed by atoms with van der Waals surface area (Å²) >= 11 is 0. The van der Waals surface area contributed by atoms with Gasteiger partial charge in [-0.05, 0) is 25.8 Å². The summed E-state index contributed by atoms with van der Waals surface area (Å²) in [6.45, 7) is 2.57. The number of hydrogen-bond acceptors (Lipinski definition) is 4. The highest BCUT2D eigenvalue weighted by molar-refractivity contribution is 5.55. The van der Waals surface area contributed by atoms with Crippen LogP contribution in [0.1, 0.15) is 37.8 Å². The van der Waals surface area contributed by atoms with Gasteiger partial charge in [-0.3, -0.25) is 0 Å². The van der Waals surface area contributed by atoms with Crippen LogP contribution in [0.2, 0.25) is 0 Å². The first-order valence-corrected chi connectivity index (χ1v) is 6.35. The van der Waals surface area contributed by atoms with E-state index in [2.05, 4.69) is 11.0 Å². The van der Waals surface area contributed by atoms with Gasteiger partial charge in [-0.1, -0.05) is 6.07 Å². The molecule has 0 heterocycles. The molecule has 18 heavy (non-hydrogen) atoms. The topological polar surface area (TPSA) is 73.3 Å². The maximum Gasteiger partial charge on any atom is 0.122 e. The Hall–Kier alpha value is -1.73. The molecule has 4 nitrogen and oxygen atoms in total. The molecule has 1 unspecified atom stereocenters. The minimum Gasteiger partial charge on any atom is -0.508 e. The van der Waals surface area contributed by atoms with Crippen molar-refractivity contribution in [2.45, 2.75) is 38.3 Å². The van der Waals surface area contributed by atoms with E-state index in [0.29, 0.717) is 12.5 Å². The third-order valence-corrected chi connectivity index (χ3v) is 3.29. The normalized spacial score (nSPS) is 16.1. The highest BCUT2D eigenvalue weighted by Gasteiger charge is 2.29. The Morgan fingerprint density at radius 2 is 2.28 bits per heavy atom. The van der Waals surface area contributed by atoms with E-state index in [1.807, 2.05) is 19.1 Å². The van der Waals surface area contributed by atoms with Gasteiger partial charge in [0, 0.05) is 35.9 Å².